The van der Waals surface area contributed by atoms with Crippen LogP contribution in [0, 0.1) is 12.3 Å². The van der Waals surface area contributed by atoms with Gasteiger partial charge in [-0.2, -0.15) is 0 Å². The summed E-state index contributed by atoms with van der Waals surface area (Å²) in [6, 6.07) is 9.60. The summed E-state index contributed by atoms with van der Waals surface area (Å²) in [6.45, 7) is 1.98. The van der Waals surface area contributed by atoms with E-state index < -0.39 is 0 Å². The van der Waals surface area contributed by atoms with Crippen LogP contribution in [0.25, 0.3) is 0 Å². The molecule has 0 atom stereocenters. The van der Waals surface area contributed by atoms with Gasteiger partial charge in [0.1, 0.15) is 6.29 Å². The van der Waals surface area contributed by atoms with E-state index in [-0.39, 0.29) is 0 Å². The first kappa shape index (κ1) is 11.4. The third-order valence-corrected chi connectivity index (χ3v) is 1.35. The summed E-state index contributed by atoms with van der Waals surface area (Å²) in [7, 11) is 0. The van der Waals surface area contributed by atoms with Gasteiger partial charge in [0.05, 0.1) is 0 Å². The highest BCUT2D eigenvalue weighted by molar-refractivity contribution is 5.48. The fourth-order valence-electron chi connectivity index (χ4n) is 0.652. The Bertz CT molecular complexity index is 256. The van der Waals surface area contributed by atoms with Crippen molar-refractivity contribution in [1.29, 1.82) is 0 Å². The quantitative estimate of drug-likeness (QED) is 0.497. The van der Waals surface area contributed by atoms with Crippen LogP contribution in [0.1, 0.15) is 25.3 Å². The molecule has 0 saturated heterocycles. The van der Waals surface area contributed by atoms with Gasteiger partial charge in [0.2, 0.25) is 0 Å². The topological polar surface area (TPSA) is 17.1 Å². The first-order valence-corrected chi connectivity index (χ1v) is 4.30. The molecular formula is C12H14O. The average Bonchev–Trinajstić information content (AvgIpc) is 2.21. The summed E-state index contributed by atoms with van der Waals surface area (Å²) in [5.74, 6) is 2.53. The first-order chi connectivity index (χ1) is 6.35. The van der Waals surface area contributed by atoms with E-state index in [2.05, 4.69) is 5.92 Å². The lowest BCUT2D eigenvalue weighted by atomic mass is 10.2. The lowest BCUT2D eigenvalue weighted by Gasteiger charge is -1.82. The van der Waals surface area contributed by atoms with Gasteiger partial charge in [0.15, 0.2) is 0 Å². The van der Waals surface area contributed by atoms with Gasteiger partial charge in [-0.05, 0) is 18.6 Å². The molecule has 68 valence electrons. The number of rotatable bonds is 2. The lowest BCUT2D eigenvalue weighted by molar-refractivity contribution is -0.107. The van der Waals surface area contributed by atoms with Crippen molar-refractivity contribution in [3.63, 3.8) is 0 Å². The number of hydrogen-bond acceptors (Lipinski definition) is 1. The minimum Gasteiger partial charge on any atom is -0.303 e. The van der Waals surface area contributed by atoms with Crippen molar-refractivity contribution in [2.24, 2.45) is 0 Å². The molecule has 0 aliphatic rings. The van der Waals surface area contributed by atoms with Gasteiger partial charge in [-0.3, -0.25) is 0 Å². The van der Waals surface area contributed by atoms with Crippen molar-refractivity contribution >= 4 is 6.29 Å². The number of carbonyl (C=O) groups excluding carboxylic acids is 1. The molecule has 0 N–H and O–H groups in total. The highest BCUT2D eigenvalue weighted by Crippen LogP contribution is 1.92. The minimum absolute atomic E-state index is 0.708. The highest BCUT2D eigenvalue weighted by Gasteiger charge is 1.76. The zero-order valence-corrected chi connectivity index (χ0v) is 7.86. The predicted molar refractivity (Wildman–Crippen MR) is 55.3 cm³/mol. The number of unbranched alkanes of at least 4 members (excludes halogenated alkanes) is 1. The first-order valence-electron chi connectivity index (χ1n) is 4.30. The SMILES string of the molecule is C#Cc1ccccc1.CCCC=O. The molecule has 1 nitrogen and oxygen atoms in total. The molecule has 0 radical (unpaired) electrons. The van der Waals surface area contributed by atoms with Crippen LogP contribution >= 0.6 is 0 Å². The van der Waals surface area contributed by atoms with E-state index in [0.29, 0.717) is 6.42 Å². The van der Waals surface area contributed by atoms with Gasteiger partial charge in [0.25, 0.3) is 0 Å². The van der Waals surface area contributed by atoms with Crippen LogP contribution in [0.5, 0.6) is 0 Å². The third-order valence-electron chi connectivity index (χ3n) is 1.35. The Hall–Kier alpha value is -1.55. The highest BCUT2D eigenvalue weighted by atomic mass is 16.1. The number of hydrogen-bond donors (Lipinski definition) is 0. The second-order valence-corrected chi connectivity index (χ2v) is 2.47. The molecule has 13 heavy (non-hydrogen) atoms. The Morgan fingerprint density at radius 2 is 2.00 bits per heavy atom. The molecule has 0 aliphatic carbocycles. The Morgan fingerprint density at radius 3 is 2.23 bits per heavy atom. The summed E-state index contributed by atoms with van der Waals surface area (Å²) in [5, 5.41) is 0. The molecule has 0 fully saturated rings. The number of terminal acetylenes is 1. The maximum atomic E-state index is 9.40. The average molecular weight is 174 g/mol. The molecule has 0 aromatic heterocycles. The molecule has 0 saturated carbocycles. The van der Waals surface area contributed by atoms with Gasteiger partial charge >= 0.3 is 0 Å². The Balaban J connectivity index is 0.000000252. The molecule has 1 aromatic carbocycles. The normalized spacial score (nSPS) is 7.69. The van der Waals surface area contributed by atoms with Crippen molar-refractivity contribution in [3.05, 3.63) is 35.9 Å². The molecule has 0 spiro atoms. The maximum absolute atomic E-state index is 9.40. The van der Waals surface area contributed by atoms with Crippen molar-refractivity contribution < 1.29 is 4.79 Å². The maximum Gasteiger partial charge on any atom is 0.119 e. The van der Waals surface area contributed by atoms with Crippen molar-refractivity contribution in [1.82, 2.24) is 0 Å². The fourth-order valence-corrected chi connectivity index (χ4v) is 0.652. The van der Waals surface area contributed by atoms with Crippen LogP contribution in [-0.4, -0.2) is 6.29 Å². The van der Waals surface area contributed by atoms with Gasteiger partial charge in [-0.1, -0.05) is 31.0 Å². The standard InChI is InChI=1S/C8H6.C4H8O/c1-2-8-6-4-3-5-7-8;1-2-3-4-5/h1,3-7H;4H,2-3H2,1H3. The monoisotopic (exact) mass is 174 g/mol. The summed E-state index contributed by atoms with van der Waals surface area (Å²) in [6.07, 6.45) is 7.71. The Labute approximate surface area is 79.8 Å². The van der Waals surface area contributed by atoms with Crippen LogP contribution in [0.15, 0.2) is 30.3 Å². The number of benzene rings is 1. The van der Waals surface area contributed by atoms with E-state index in [1.807, 2.05) is 37.3 Å². The molecular weight excluding hydrogens is 160 g/mol. The van der Waals surface area contributed by atoms with Crippen LogP contribution < -0.4 is 0 Å². The number of aldehydes is 1. The smallest absolute Gasteiger partial charge is 0.119 e. The van der Waals surface area contributed by atoms with E-state index >= 15 is 0 Å². The van der Waals surface area contributed by atoms with Crippen LogP contribution in [0.3, 0.4) is 0 Å². The van der Waals surface area contributed by atoms with Gasteiger partial charge in [0, 0.05) is 12.0 Å². The predicted octanol–water partition coefficient (Wildman–Crippen LogP) is 2.65. The molecule has 1 rings (SSSR count). The number of carbonyl (C=O) groups is 1. The van der Waals surface area contributed by atoms with E-state index in [1.54, 1.807) is 0 Å². The van der Waals surface area contributed by atoms with Crippen molar-refractivity contribution in [2.45, 2.75) is 19.8 Å². The van der Waals surface area contributed by atoms with Gasteiger partial charge in [-0.25, -0.2) is 0 Å². The largest absolute Gasteiger partial charge is 0.303 e. The van der Waals surface area contributed by atoms with E-state index in [4.69, 9.17) is 6.42 Å². The van der Waals surface area contributed by atoms with Crippen LogP contribution in [0.4, 0.5) is 0 Å². The second kappa shape index (κ2) is 8.55. The molecule has 0 amide bonds. The summed E-state index contributed by atoms with van der Waals surface area (Å²) in [5.41, 5.74) is 0.938. The van der Waals surface area contributed by atoms with Crippen LogP contribution in [-0.2, 0) is 4.79 Å². The molecule has 0 aliphatic heterocycles. The molecule has 0 unspecified atom stereocenters. The molecule has 0 heterocycles. The van der Waals surface area contributed by atoms with E-state index in [1.165, 1.54) is 0 Å². The molecule has 1 aromatic rings. The zero-order chi connectivity index (χ0) is 9.94. The lowest BCUT2D eigenvalue weighted by Crippen LogP contribution is -1.66. The summed E-state index contributed by atoms with van der Waals surface area (Å²) < 4.78 is 0. The Kier molecular flexibility index (Phi) is 7.53. The van der Waals surface area contributed by atoms with E-state index in [9.17, 15) is 4.79 Å². The zero-order valence-electron chi connectivity index (χ0n) is 7.86. The fraction of sp³-hybridized carbons (Fsp3) is 0.250. The molecule has 0 bridgehead atoms. The van der Waals surface area contributed by atoms with Gasteiger partial charge in [-0.15, -0.1) is 6.42 Å². The van der Waals surface area contributed by atoms with Crippen molar-refractivity contribution in [2.75, 3.05) is 0 Å². The summed E-state index contributed by atoms with van der Waals surface area (Å²) in [4.78, 5) is 9.40. The molecule has 1 heteroatoms. The van der Waals surface area contributed by atoms with Crippen LogP contribution in [0.2, 0.25) is 0 Å². The summed E-state index contributed by atoms with van der Waals surface area (Å²) >= 11 is 0. The Morgan fingerprint density at radius 1 is 1.38 bits per heavy atom. The van der Waals surface area contributed by atoms with Crippen molar-refractivity contribution in [3.8, 4) is 12.3 Å². The van der Waals surface area contributed by atoms with E-state index in [0.717, 1.165) is 18.3 Å². The second-order valence-electron chi connectivity index (χ2n) is 2.47. The van der Waals surface area contributed by atoms with Gasteiger partial charge < -0.3 is 4.79 Å². The third kappa shape index (κ3) is 6.83. The minimum atomic E-state index is 0.708.